The Labute approximate surface area is 121 Å². The van der Waals surface area contributed by atoms with Gasteiger partial charge >= 0.3 is 5.97 Å². The van der Waals surface area contributed by atoms with Crippen molar-refractivity contribution in [3.8, 4) is 0 Å². The zero-order valence-corrected chi connectivity index (χ0v) is 12.4. The molecule has 2 unspecified atom stereocenters. The van der Waals surface area contributed by atoms with Crippen molar-refractivity contribution in [2.75, 3.05) is 6.54 Å². The van der Waals surface area contributed by atoms with Gasteiger partial charge in [0.2, 0.25) is 5.91 Å². The van der Waals surface area contributed by atoms with E-state index in [2.05, 4.69) is 15.6 Å². The van der Waals surface area contributed by atoms with Crippen molar-refractivity contribution in [2.24, 2.45) is 0 Å². The van der Waals surface area contributed by atoms with E-state index in [1.165, 1.54) is 16.7 Å². The van der Waals surface area contributed by atoms with Crippen molar-refractivity contribution in [3.63, 3.8) is 0 Å². The molecule has 0 bridgehead atoms. The number of nitrogens with one attached hydrogen (secondary N) is 2. The summed E-state index contributed by atoms with van der Waals surface area (Å²) in [6, 6.07) is -0.286. The monoisotopic (exact) mass is 297 g/mol. The first-order valence-electron chi connectivity index (χ1n) is 6.73. The Hall–Kier alpha value is -1.47. The first-order chi connectivity index (χ1) is 9.48. The molecule has 1 aromatic rings. The van der Waals surface area contributed by atoms with Crippen LogP contribution in [0.25, 0.3) is 0 Å². The molecule has 1 aliphatic rings. The Balaban J connectivity index is 2.04. The summed E-state index contributed by atoms with van der Waals surface area (Å²) in [5.41, 5.74) is -0.462. The molecule has 2 rings (SSSR count). The molecule has 0 aliphatic carbocycles. The first kappa shape index (κ1) is 14.9. The zero-order valence-electron chi connectivity index (χ0n) is 11.6. The van der Waals surface area contributed by atoms with E-state index in [1.807, 2.05) is 13.8 Å². The van der Waals surface area contributed by atoms with Crippen LogP contribution in [-0.4, -0.2) is 34.1 Å². The van der Waals surface area contributed by atoms with Gasteiger partial charge in [-0.15, -0.1) is 11.3 Å². The summed E-state index contributed by atoms with van der Waals surface area (Å²) in [7, 11) is 0. The van der Waals surface area contributed by atoms with Gasteiger partial charge in [-0.1, -0.05) is 6.92 Å². The van der Waals surface area contributed by atoms with Gasteiger partial charge < -0.3 is 15.7 Å². The van der Waals surface area contributed by atoms with Gasteiger partial charge in [0, 0.05) is 5.38 Å². The van der Waals surface area contributed by atoms with Crippen LogP contribution < -0.4 is 10.6 Å². The summed E-state index contributed by atoms with van der Waals surface area (Å²) < 4.78 is 0. The molecule has 1 amide bonds. The second-order valence-corrected chi connectivity index (χ2v) is 5.93. The van der Waals surface area contributed by atoms with Crippen LogP contribution in [0.15, 0.2) is 5.38 Å². The summed E-state index contributed by atoms with van der Waals surface area (Å²) in [5.74, 6) is -1.08. The van der Waals surface area contributed by atoms with Gasteiger partial charge in [-0.2, -0.15) is 0 Å². The third-order valence-electron chi connectivity index (χ3n) is 3.74. The molecule has 0 spiro atoms. The lowest BCUT2D eigenvalue weighted by atomic mass is 9.93. The zero-order chi connectivity index (χ0) is 14.8. The lowest BCUT2D eigenvalue weighted by molar-refractivity contribution is -0.128. The molecule has 110 valence electrons. The molecule has 1 aromatic heterocycles. The highest BCUT2D eigenvalue weighted by molar-refractivity contribution is 7.09. The Morgan fingerprint density at radius 3 is 2.90 bits per heavy atom. The molecule has 1 fully saturated rings. The van der Waals surface area contributed by atoms with Crippen LogP contribution in [0.3, 0.4) is 0 Å². The van der Waals surface area contributed by atoms with Crippen LogP contribution in [0.5, 0.6) is 0 Å². The van der Waals surface area contributed by atoms with Crippen molar-refractivity contribution >= 4 is 23.2 Å². The van der Waals surface area contributed by atoms with Crippen LogP contribution in [0.1, 0.15) is 54.6 Å². The summed E-state index contributed by atoms with van der Waals surface area (Å²) in [5, 5.41) is 17.2. The maximum absolute atomic E-state index is 12.4. The van der Waals surface area contributed by atoms with E-state index >= 15 is 0 Å². The number of amides is 1. The number of nitrogens with zero attached hydrogens (tertiary/aromatic N) is 1. The summed E-state index contributed by atoms with van der Waals surface area (Å²) in [6.07, 6.45) is 2.57. The van der Waals surface area contributed by atoms with Crippen LogP contribution in [0.4, 0.5) is 0 Å². The van der Waals surface area contributed by atoms with Gasteiger partial charge in [-0.25, -0.2) is 9.78 Å². The minimum absolute atomic E-state index is 0.0234. The number of carboxylic acid groups (broad SMARTS) is 1. The van der Waals surface area contributed by atoms with Gasteiger partial charge in [-0.3, -0.25) is 4.79 Å². The maximum atomic E-state index is 12.4. The number of aromatic carboxylic acids is 1. The standard InChI is InChI=1S/C13H19N3O3S/c1-3-13(5-4-6-14-13)12(19)15-8(2)10-16-9(7-20-10)11(17)18/h7-8,14H,3-6H2,1-2H3,(H,15,19)(H,17,18). The molecule has 7 heteroatoms. The Morgan fingerprint density at radius 2 is 2.40 bits per heavy atom. The van der Waals surface area contributed by atoms with Crippen LogP contribution in [-0.2, 0) is 4.79 Å². The largest absolute Gasteiger partial charge is 0.476 e. The molecule has 2 atom stereocenters. The van der Waals surface area contributed by atoms with Crippen molar-refractivity contribution < 1.29 is 14.7 Å². The number of hydrogen-bond donors (Lipinski definition) is 3. The highest BCUT2D eigenvalue weighted by atomic mass is 32.1. The van der Waals surface area contributed by atoms with Crippen molar-refractivity contribution in [1.29, 1.82) is 0 Å². The average molecular weight is 297 g/mol. The molecule has 1 saturated heterocycles. The number of hydrogen-bond acceptors (Lipinski definition) is 5. The van der Waals surface area contributed by atoms with E-state index in [9.17, 15) is 9.59 Å². The number of carbonyl (C=O) groups is 2. The number of rotatable bonds is 5. The van der Waals surface area contributed by atoms with E-state index < -0.39 is 11.5 Å². The van der Waals surface area contributed by atoms with E-state index in [4.69, 9.17) is 5.11 Å². The van der Waals surface area contributed by atoms with Gasteiger partial charge in [0.15, 0.2) is 5.69 Å². The van der Waals surface area contributed by atoms with Crippen LogP contribution in [0.2, 0.25) is 0 Å². The molecule has 0 radical (unpaired) electrons. The van der Waals surface area contributed by atoms with Gasteiger partial charge in [0.1, 0.15) is 5.01 Å². The number of aromatic nitrogens is 1. The normalized spacial score (nSPS) is 23.5. The molecule has 3 N–H and O–H groups in total. The lowest BCUT2D eigenvalue weighted by Gasteiger charge is -2.28. The Kier molecular flexibility index (Phi) is 4.39. The fourth-order valence-electron chi connectivity index (χ4n) is 2.44. The second-order valence-electron chi connectivity index (χ2n) is 5.04. The summed E-state index contributed by atoms with van der Waals surface area (Å²) >= 11 is 1.25. The number of thiazole rings is 1. The summed E-state index contributed by atoms with van der Waals surface area (Å²) in [4.78, 5) is 27.2. The van der Waals surface area contributed by atoms with Crippen LogP contribution >= 0.6 is 11.3 Å². The molecular formula is C13H19N3O3S. The minimum atomic E-state index is -1.05. The van der Waals surface area contributed by atoms with E-state index in [1.54, 1.807) is 0 Å². The molecule has 2 heterocycles. The molecule has 20 heavy (non-hydrogen) atoms. The molecule has 0 aromatic carbocycles. The predicted octanol–water partition coefficient (Wildman–Crippen LogP) is 1.55. The fourth-order valence-corrected chi connectivity index (χ4v) is 3.24. The third kappa shape index (κ3) is 2.83. The topological polar surface area (TPSA) is 91.3 Å². The van der Waals surface area contributed by atoms with Crippen molar-refractivity contribution in [1.82, 2.24) is 15.6 Å². The molecule has 1 aliphatic heterocycles. The first-order valence-corrected chi connectivity index (χ1v) is 7.61. The van der Waals surface area contributed by atoms with Crippen molar-refractivity contribution in [3.05, 3.63) is 16.1 Å². The molecule has 0 saturated carbocycles. The fraction of sp³-hybridized carbons (Fsp3) is 0.615. The van der Waals surface area contributed by atoms with Crippen LogP contribution in [0, 0.1) is 0 Å². The van der Waals surface area contributed by atoms with Gasteiger partial charge in [-0.05, 0) is 32.7 Å². The smallest absolute Gasteiger partial charge is 0.355 e. The maximum Gasteiger partial charge on any atom is 0.355 e. The SMILES string of the molecule is CCC1(C(=O)NC(C)c2nc(C(=O)O)cs2)CCCN1. The van der Waals surface area contributed by atoms with Gasteiger partial charge in [0.05, 0.1) is 11.6 Å². The van der Waals surface area contributed by atoms with E-state index in [0.717, 1.165) is 25.8 Å². The second kappa shape index (κ2) is 5.88. The van der Waals surface area contributed by atoms with Gasteiger partial charge in [0.25, 0.3) is 0 Å². The Morgan fingerprint density at radius 1 is 1.65 bits per heavy atom. The minimum Gasteiger partial charge on any atom is -0.476 e. The number of carbonyl (C=O) groups excluding carboxylic acids is 1. The predicted molar refractivity (Wildman–Crippen MR) is 75.9 cm³/mol. The highest BCUT2D eigenvalue weighted by Crippen LogP contribution is 2.25. The highest BCUT2D eigenvalue weighted by Gasteiger charge is 2.39. The molecular weight excluding hydrogens is 278 g/mol. The lowest BCUT2D eigenvalue weighted by Crippen LogP contribution is -2.53. The number of carboxylic acids is 1. The third-order valence-corrected chi connectivity index (χ3v) is 4.77. The molecule has 6 nitrogen and oxygen atoms in total. The van der Waals surface area contributed by atoms with E-state index in [0.29, 0.717) is 5.01 Å². The average Bonchev–Trinajstić information content (AvgIpc) is 3.08. The Bertz CT molecular complexity index is 509. The van der Waals surface area contributed by atoms with Crippen molar-refractivity contribution in [2.45, 2.75) is 44.7 Å². The van der Waals surface area contributed by atoms with E-state index in [-0.39, 0.29) is 17.6 Å². The summed E-state index contributed by atoms with van der Waals surface area (Å²) in [6.45, 7) is 4.67. The quantitative estimate of drug-likeness (QED) is 0.767.